The van der Waals surface area contributed by atoms with Crippen molar-refractivity contribution in [3.8, 4) is 0 Å². The molecule has 516 valence electrons. The highest BCUT2D eigenvalue weighted by atomic mass is 32.1. The molecule has 8 aromatic heterocycles. The summed E-state index contributed by atoms with van der Waals surface area (Å²) >= 11 is 1.46. The highest BCUT2D eigenvalue weighted by Crippen LogP contribution is 2.11. The van der Waals surface area contributed by atoms with Gasteiger partial charge in [-0.2, -0.15) is 30.9 Å². The lowest BCUT2D eigenvalue weighted by molar-refractivity contribution is 0.292. The Balaban J connectivity index is -0.000000109. The van der Waals surface area contributed by atoms with Crippen LogP contribution in [-0.2, 0) is 0 Å². The first kappa shape index (κ1) is 101. The molecular formula is C63H130N22O3S. The summed E-state index contributed by atoms with van der Waals surface area (Å²) in [5, 5.41) is 64.7. The molecule has 0 bridgehead atoms. The molecule has 0 aromatic carbocycles. The van der Waals surface area contributed by atoms with E-state index in [1.54, 1.807) is 37.1 Å². The molecule has 9 rings (SSSR count). The molecule has 0 saturated heterocycles. The van der Waals surface area contributed by atoms with Crippen LogP contribution in [0, 0.1) is 49.2 Å². The Kier molecular flexibility index (Phi) is 74.0. The minimum Gasteiger partial charge on any atom is -0.365 e. The number of aromatic nitrogens is 20. The van der Waals surface area contributed by atoms with Crippen molar-refractivity contribution < 1.29 is 13.8 Å². The van der Waals surface area contributed by atoms with E-state index in [0.29, 0.717) is 43.3 Å². The van der Waals surface area contributed by atoms with Crippen LogP contribution in [0.5, 0.6) is 0 Å². The summed E-state index contributed by atoms with van der Waals surface area (Å²) < 4.78 is 16.2. The maximum absolute atomic E-state index is 4.33. The van der Waals surface area contributed by atoms with E-state index in [4.69, 9.17) is 0 Å². The zero-order valence-electron chi connectivity index (χ0n) is 62.4. The number of hydrogen-bond donors (Lipinski definition) is 4. The molecular weight excluding hydrogens is 1140 g/mol. The van der Waals surface area contributed by atoms with Crippen LogP contribution in [-0.4, -0.2) is 109 Å². The molecule has 4 N–H and O–H groups in total. The number of aromatic amines is 4. The molecule has 1 aliphatic rings. The standard InChI is InChI=1S/8C5H12.C4H10.2C3H4N2.C3H3NO.C3H3NS.C2H3N3.C2H2N2O.2CH2N4.CHN3O/c8*1-5(2,3)4;1-4(2)3;4*1-2-4-5-3-1;1-3-2-5-4-1;4*1-2-4-5-3-1/h8*1-4H3;4H,1-3H3;1-2H,3H2;1-3H,(H,4,5);2*1-3H;1-2H,(H,3,4,5);1-2H;2*1H,(H,2,3,4,5);1H. The topological polar surface area (TPSA) is 334 Å². The van der Waals surface area contributed by atoms with Crippen molar-refractivity contribution in [1.82, 2.24) is 102 Å². The Labute approximate surface area is 544 Å². The van der Waals surface area contributed by atoms with E-state index >= 15 is 0 Å². The van der Waals surface area contributed by atoms with Crippen molar-refractivity contribution in [3.63, 3.8) is 0 Å². The fraction of sp³-hybridized carbons (Fsp3) is 0.714. The van der Waals surface area contributed by atoms with Crippen LogP contribution in [0.2, 0.25) is 0 Å². The van der Waals surface area contributed by atoms with E-state index < -0.39 is 0 Å². The largest absolute Gasteiger partial charge is 0.365 e. The van der Waals surface area contributed by atoms with Gasteiger partial charge >= 0.3 is 0 Å². The van der Waals surface area contributed by atoms with Gasteiger partial charge in [-0.05, 0) is 90.2 Å². The molecule has 0 amide bonds. The maximum atomic E-state index is 4.33. The molecule has 25 nitrogen and oxygen atoms in total. The van der Waals surface area contributed by atoms with Crippen LogP contribution < -0.4 is 0 Å². The maximum Gasteiger partial charge on any atom is 0.183 e. The predicted octanol–water partition coefficient (Wildman–Crippen LogP) is 19.0. The lowest BCUT2D eigenvalue weighted by atomic mass is 10.0. The Morgan fingerprint density at radius 3 is 0.933 bits per heavy atom. The van der Waals surface area contributed by atoms with E-state index in [-0.39, 0.29) is 0 Å². The van der Waals surface area contributed by atoms with Crippen molar-refractivity contribution in [2.45, 2.75) is 242 Å². The zero-order chi connectivity index (χ0) is 71.4. The van der Waals surface area contributed by atoms with Gasteiger partial charge in [0.15, 0.2) is 19.0 Å². The Morgan fingerprint density at radius 2 is 0.843 bits per heavy atom. The van der Waals surface area contributed by atoms with Gasteiger partial charge in [-0.3, -0.25) is 10.2 Å². The van der Waals surface area contributed by atoms with Crippen LogP contribution >= 0.6 is 11.5 Å². The molecule has 8 aromatic rings. The van der Waals surface area contributed by atoms with Crippen molar-refractivity contribution >= 4 is 11.5 Å². The minimum absolute atomic E-state index is 0.500. The van der Waals surface area contributed by atoms with Gasteiger partial charge in [0, 0.05) is 30.2 Å². The van der Waals surface area contributed by atoms with E-state index in [0.717, 1.165) is 12.5 Å². The fourth-order valence-electron chi connectivity index (χ4n) is 1.47. The average molecular weight is 1280 g/mol. The normalized spacial score (nSPS) is 10.4. The molecule has 9 heterocycles. The number of tetrazole rings is 2. The van der Waals surface area contributed by atoms with Crippen LogP contribution in [0.3, 0.4) is 0 Å². The molecule has 0 unspecified atom stereocenters. The van der Waals surface area contributed by atoms with Gasteiger partial charge in [0.05, 0.1) is 30.4 Å². The summed E-state index contributed by atoms with van der Waals surface area (Å²) in [6, 6.07) is 5.46. The number of nitrogens with zero attached hydrogens (tertiary/aromatic N) is 18. The van der Waals surface area contributed by atoms with E-state index in [2.05, 4.69) is 368 Å². The second-order valence-corrected chi connectivity index (χ2v) is 32.3. The Hall–Kier alpha value is -7.12. The minimum atomic E-state index is 0.500. The Morgan fingerprint density at radius 1 is 0.416 bits per heavy atom. The van der Waals surface area contributed by atoms with Gasteiger partial charge in [-0.1, -0.05) is 273 Å². The lowest BCUT2D eigenvalue weighted by Gasteiger charge is -2.05. The summed E-state index contributed by atoms with van der Waals surface area (Å²) in [6.45, 7) is 77.3. The van der Waals surface area contributed by atoms with E-state index in [9.17, 15) is 0 Å². The SMILES string of the molecule is C1=CN=NC1.CC(C)(C)C.CC(C)(C)C.CC(C)(C)C.CC(C)(C)C.CC(C)(C)C.CC(C)(C)C.CC(C)(C)C.CC(C)(C)C.CC(C)C.c1cn[nH]c1.c1cnoc1.c1cnon1.c1cnsc1.c1nc[nH]n1.c1nn[nH]n1.c1nn[nH]n1.c1nnon1. The molecule has 0 saturated carbocycles. The number of H-pyrrole nitrogens is 4. The third-order valence-corrected chi connectivity index (χ3v) is 3.45. The Bertz CT molecular complexity index is 1630. The zero-order valence-corrected chi connectivity index (χ0v) is 63.2. The summed E-state index contributed by atoms with van der Waals surface area (Å²) in [5.41, 5.74) is 4.00. The average Bonchev–Trinajstić information content (AvgIpc) is 4.22. The summed E-state index contributed by atoms with van der Waals surface area (Å²) in [5.74, 6) is 0.833. The van der Waals surface area contributed by atoms with Crippen LogP contribution in [0.4, 0.5) is 0 Å². The molecule has 0 radical (unpaired) electrons. The second kappa shape index (κ2) is 65.3. The first-order chi connectivity index (χ1) is 40.2. The lowest BCUT2D eigenvalue weighted by Crippen LogP contribution is -1.93. The van der Waals surface area contributed by atoms with Crippen molar-refractivity contribution in [3.05, 3.63) is 111 Å². The van der Waals surface area contributed by atoms with Crippen molar-refractivity contribution in [2.75, 3.05) is 6.54 Å². The number of azo groups is 1. The van der Waals surface area contributed by atoms with Gasteiger partial charge in [-0.25, -0.2) is 18.6 Å². The number of rotatable bonds is 0. The van der Waals surface area contributed by atoms with Crippen LogP contribution in [0.25, 0.3) is 0 Å². The van der Waals surface area contributed by atoms with Crippen LogP contribution in [0.15, 0.2) is 135 Å². The molecule has 0 spiro atoms. The van der Waals surface area contributed by atoms with Gasteiger partial charge in [0.2, 0.25) is 0 Å². The first-order valence-electron chi connectivity index (χ1n) is 29.3. The highest BCUT2D eigenvalue weighted by Gasteiger charge is 1.99. The van der Waals surface area contributed by atoms with Crippen molar-refractivity contribution in [1.29, 1.82) is 0 Å². The van der Waals surface area contributed by atoms with Gasteiger partial charge in [-0.15, -0.1) is 20.4 Å². The highest BCUT2D eigenvalue weighted by molar-refractivity contribution is 7.03. The fourth-order valence-corrected chi connectivity index (χ4v) is 1.82. The molecule has 0 fully saturated rings. The van der Waals surface area contributed by atoms with E-state index in [1.165, 1.54) is 61.8 Å². The second-order valence-electron chi connectivity index (χ2n) is 31.6. The smallest absolute Gasteiger partial charge is 0.183 e. The molecule has 89 heavy (non-hydrogen) atoms. The van der Waals surface area contributed by atoms with Gasteiger partial charge in [0.25, 0.3) is 0 Å². The van der Waals surface area contributed by atoms with Gasteiger partial charge in [0.1, 0.15) is 18.9 Å². The molecule has 1 aliphatic heterocycles. The quantitative estimate of drug-likeness (QED) is 0.110. The molecule has 0 atom stereocenters. The van der Waals surface area contributed by atoms with Crippen LogP contribution in [0.1, 0.15) is 242 Å². The van der Waals surface area contributed by atoms with Crippen molar-refractivity contribution in [2.24, 2.45) is 59.5 Å². The first-order valence-corrected chi connectivity index (χ1v) is 30.1. The molecule has 26 heteroatoms. The third kappa shape index (κ3) is 351. The summed E-state index contributed by atoms with van der Waals surface area (Å²) in [4.78, 5) is 3.56. The number of nitrogens with one attached hydrogen (secondary N) is 4. The third-order valence-electron chi connectivity index (χ3n) is 2.92. The van der Waals surface area contributed by atoms with E-state index in [1.807, 2.05) is 23.6 Å². The number of hydrogen-bond acceptors (Lipinski definition) is 22. The predicted molar refractivity (Wildman–Crippen MR) is 369 cm³/mol. The molecule has 0 aliphatic carbocycles. The monoisotopic (exact) mass is 1280 g/mol. The summed E-state index contributed by atoms with van der Waals surface area (Å²) in [7, 11) is 0. The van der Waals surface area contributed by atoms with Gasteiger partial charge < -0.3 is 4.52 Å². The summed E-state index contributed by atoms with van der Waals surface area (Å²) in [6.07, 6.45) is 21.7.